The zero-order chi connectivity index (χ0) is 20.0. The van der Waals surface area contributed by atoms with Gasteiger partial charge in [0, 0.05) is 6.07 Å². The number of aromatic nitrogens is 1. The lowest BCUT2D eigenvalue weighted by molar-refractivity contribution is -0.125. The van der Waals surface area contributed by atoms with Gasteiger partial charge in [-0.25, -0.2) is 4.98 Å². The van der Waals surface area contributed by atoms with Crippen molar-refractivity contribution in [3.63, 3.8) is 0 Å². The summed E-state index contributed by atoms with van der Waals surface area (Å²) in [6, 6.07) is 8.54. The fourth-order valence-corrected chi connectivity index (χ4v) is 2.26. The first-order chi connectivity index (χ1) is 12.8. The highest BCUT2D eigenvalue weighted by atomic mass is 35.5. The summed E-state index contributed by atoms with van der Waals surface area (Å²) in [6.45, 7) is 7.54. The quantitative estimate of drug-likeness (QED) is 0.609. The molecule has 0 saturated carbocycles. The van der Waals surface area contributed by atoms with Crippen molar-refractivity contribution in [1.29, 1.82) is 0 Å². The normalized spacial score (nSPS) is 11.0. The van der Waals surface area contributed by atoms with Crippen LogP contribution in [-0.4, -0.2) is 29.4 Å². The van der Waals surface area contributed by atoms with Crippen molar-refractivity contribution < 1.29 is 14.3 Å². The predicted octanol–water partition coefficient (Wildman–Crippen LogP) is 3.37. The van der Waals surface area contributed by atoms with Crippen molar-refractivity contribution in [1.82, 2.24) is 10.3 Å². The number of hydrogen-bond acceptors (Lipinski definition) is 5. The maximum Gasteiger partial charge on any atom is 0.243 e. The third-order valence-electron chi connectivity index (χ3n) is 4.23. The lowest BCUT2D eigenvalue weighted by atomic mass is 10.1. The molecule has 2 rings (SSSR count). The molecular weight excluding hydrogens is 415 g/mol. The summed E-state index contributed by atoms with van der Waals surface area (Å²) in [5.41, 5.74) is 8.42. The van der Waals surface area contributed by atoms with E-state index in [0.717, 1.165) is 16.9 Å². The van der Waals surface area contributed by atoms with Crippen LogP contribution in [0.2, 0.25) is 0 Å². The van der Waals surface area contributed by atoms with Gasteiger partial charge in [-0.3, -0.25) is 9.59 Å². The van der Waals surface area contributed by atoms with Crippen LogP contribution in [0.4, 0.5) is 5.69 Å². The van der Waals surface area contributed by atoms with Crippen LogP contribution in [-0.2, 0) is 9.59 Å². The molecule has 1 aromatic heterocycles. The average molecular weight is 443 g/mol. The number of nitrogens with one attached hydrogen (secondary N) is 2. The number of rotatable bonds is 7. The van der Waals surface area contributed by atoms with Gasteiger partial charge >= 0.3 is 0 Å². The predicted molar refractivity (Wildman–Crippen MR) is 119 cm³/mol. The molecule has 160 valence electrons. The molecule has 2 amide bonds. The molecule has 0 aliphatic carbocycles. The molecule has 29 heavy (non-hydrogen) atoms. The molecule has 1 atom stereocenters. The van der Waals surface area contributed by atoms with E-state index in [1.54, 1.807) is 12.1 Å². The van der Waals surface area contributed by atoms with E-state index >= 15 is 0 Å². The first-order valence-electron chi connectivity index (χ1n) is 8.81. The number of anilines is 1. The lowest BCUT2D eigenvalue weighted by Gasteiger charge is -2.15. The monoisotopic (exact) mass is 442 g/mol. The maximum absolute atomic E-state index is 11.9. The first kappa shape index (κ1) is 26.6. The maximum atomic E-state index is 11.9. The van der Waals surface area contributed by atoms with E-state index in [1.165, 1.54) is 6.20 Å². The minimum absolute atomic E-state index is 0. The van der Waals surface area contributed by atoms with Crippen molar-refractivity contribution in [3.05, 3.63) is 47.7 Å². The highest BCUT2D eigenvalue weighted by Gasteiger charge is 2.17. The Hall–Kier alpha value is -2.35. The van der Waals surface area contributed by atoms with E-state index in [0.29, 0.717) is 11.6 Å². The number of aryl methyl sites for hydroxylation is 1. The van der Waals surface area contributed by atoms with E-state index < -0.39 is 6.04 Å². The van der Waals surface area contributed by atoms with E-state index in [1.807, 2.05) is 45.9 Å². The van der Waals surface area contributed by atoms with Gasteiger partial charge < -0.3 is 21.1 Å². The molecule has 0 saturated heterocycles. The van der Waals surface area contributed by atoms with Gasteiger partial charge in [0.15, 0.2) is 0 Å². The second-order valence-corrected chi connectivity index (χ2v) is 6.72. The van der Waals surface area contributed by atoms with Crippen LogP contribution in [0.15, 0.2) is 36.5 Å². The van der Waals surface area contributed by atoms with Gasteiger partial charge in [0.1, 0.15) is 5.75 Å². The zero-order valence-electron chi connectivity index (χ0n) is 16.9. The Morgan fingerprint density at radius 3 is 2.41 bits per heavy atom. The summed E-state index contributed by atoms with van der Waals surface area (Å²) in [5, 5.41) is 5.18. The van der Waals surface area contributed by atoms with Crippen LogP contribution < -0.4 is 21.1 Å². The summed E-state index contributed by atoms with van der Waals surface area (Å²) in [7, 11) is 0. The number of hydrogen-bond donors (Lipinski definition) is 3. The van der Waals surface area contributed by atoms with Crippen molar-refractivity contribution in [2.45, 2.75) is 33.7 Å². The average Bonchev–Trinajstić information content (AvgIpc) is 2.64. The van der Waals surface area contributed by atoms with Crippen molar-refractivity contribution in [2.24, 2.45) is 11.7 Å². The molecule has 0 radical (unpaired) electrons. The van der Waals surface area contributed by atoms with Crippen molar-refractivity contribution >= 4 is 42.3 Å². The number of amides is 2. The van der Waals surface area contributed by atoms with Gasteiger partial charge in [-0.1, -0.05) is 26.0 Å². The second kappa shape index (κ2) is 12.3. The number of halogens is 2. The molecule has 0 bridgehead atoms. The molecule has 0 spiro atoms. The van der Waals surface area contributed by atoms with E-state index in [2.05, 4.69) is 15.6 Å². The molecule has 4 N–H and O–H groups in total. The summed E-state index contributed by atoms with van der Waals surface area (Å²) in [5.74, 6) is 0.461. The first-order valence-corrected chi connectivity index (χ1v) is 8.81. The zero-order valence-corrected chi connectivity index (χ0v) is 18.5. The number of nitrogens with zero attached hydrogens (tertiary/aromatic N) is 1. The number of benzene rings is 1. The minimum Gasteiger partial charge on any atom is -0.439 e. The van der Waals surface area contributed by atoms with Gasteiger partial charge in [-0.15, -0.1) is 24.8 Å². The lowest BCUT2D eigenvalue weighted by Crippen LogP contribution is -2.46. The Balaban J connectivity index is 0.00000392. The smallest absolute Gasteiger partial charge is 0.243 e. The summed E-state index contributed by atoms with van der Waals surface area (Å²) >= 11 is 0. The molecule has 0 aliphatic heterocycles. The fourth-order valence-electron chi connectivity index (χ4n) is 2.26. The molecule has 1 heterocycles. The summed E-state index contributed by atoms with van der Waals surface area (Å²) < 4.78 is 5.78. The Morgan fingerprint density at radius 2 is 1.83 bits per heavy atom. The Morgan fingerprint density at radius 1 is 1.14 bits per heavy atom. The molecule has 7 nitrogen and oxygen atoms in total. The molecule has 0 aliphatic rings. The van der Waals surface area contributed by atoms with Gasteiger partial charge in [-0.05, 0) is 43.0 Å². The SMILES string of the molecule is Cc1cccc(Oc2ccc(NC(=O)CNC(=O)[C@@H](N)C(C)C)cn2)c1C.Cl.Cl. The van der Waals surface area contributed by atoms with E-state index in [4.69, 9.17) is 10.5 Å². The fraction of sp³-hybridized carbons (Fsp3) is 0.350. The van der Waals surface area contributed by atoms with Crippen LogP contribution in [0.1, 0.15) is 25.0 Å². The number of carbonyl (C=O) groups excluding carboxylic acids is 2. The molecule has 9 heteroatoms. The highest BCUT2D eigenvalue weighted by Crippen LogP contribution is 2.26. The van der Waals surface area contributed by atoms with Gasteiger partial charge in [0.05, 0.1) is 24.5 Å². The van der Waals surface area contributed by atoms with Crippen LogP contribution in [0.5, 0.6) is 11.6 Å². The number of carbonyl (C=O) groups is 2. The van der Waals surface area contributed by atoms with E-state index in [-0.39, 0.29) is 49.1 Å². The van der Waals surface area contributed by atoms with Crippen molar-refractivity contribution in [2.75, 3.05) is 11.9 Å². The summed E-state index contributed by atoms with van der Waals surface area (Å²) in [6.07, 6.45) is 1.50. The largest absolute Gasteiger partial charge is 0.439 e. The standard InChI is InChI=1S/C20H26N4O3.2ClH/c1-12(2)19(21)20(26)23-11-17(25)24-15-8-9-18(22-10-15)27-16-7-5-6-13(3)14(16)4;;/h5-10,12,19H,11,21H2,1-4H3,(H,23,26)(H,24,25);2*1H/t19-;;/m0../s1. The Labute approximate surface area is 183 Å². The van der Waals surface area contributed by atoms with Crippen LogP contribution in [0, 0.1) is 19.8 Å². The molecule has 1 aromatic carbocycles. The third-order valence-corrected chi connectivity index (χ3v) is 4.23. The Kier molecular flexibility index (Phi) is 11.3. The molecule has 2 aromatic rings. The minimum atomic E-state index is -0.638. The second-order valence-electron chi connectivity index (χ2n) is 6.72. The van der Waals surface area contributed by atoms with Gasteiger partial charge in [-0.2, -0.15) is 0 Å². The van der Waals surface area contributed by atoms with Crippen LogP contribution >= 0.6 is 24.8 Å². The molecule has 0 fully saturated rings. The van der Waals surface area contributed by atoms with E-state index in [9.17, 15) is 9.59 Å². The molecule has 0 unspecified atom stereocenters. The number of nitrogens with two attached hydrogens (primary N) is 1. The molecular formula is C20H28Cl2N4O3. The van der Waals surface area contributed by atoms with Crippen LogP contribution in [0.25, 0.3) is 0 Å². The third kappa shape index (κ3) is 7.89. The van der Waals surface area contributed by atoms with Crippen LogP contribution in [0.3, 0.4) is 0 Å². The highest BCUT2D eigenvalue weighted by molar-refractivity contribution is 5.95. The van der Waals surface area contributed by atoms with Gasteiger partial charge in [0.2, 0.25) is 17.7 Å². The Bertz CT molecular complexity index is 814. The number of pyridine rings is 1. The number of ether oxygens (including phenoxy) is 1. The van der Waals surface area contributed by atoms with Gasteiger partial charge in [0.25, 0.3) is 0 Å². The van der Waals surface area contributed by atoms with Crippen molar-refractivity contribution in [3.8, 4) is 11.6 Å². The topological polar surface area (TPSA) is 106 Å². The summed E-state index contributed by atoms with van der Waals surface area (Å²) in [4.78, 5) is 27.9.